The van der Waals surface area contributed by atoms with Crippen molar-refractivity contribution in [2.45, 2.75) is 6.54 Å². The summed E-state index contributed by atoms with van der Waals surface area (Å²) in [6.45, 7) is 0.793. The Bertz CT molecular complexity index is 553. The van der Waals surface area contributed by atoms with Gasteiger partial charge in [-0.25, -0.2) is 0 Å². The lowest BCUT2D eigenvalue weighted by Crippen LogP contribution is -2.08. The van der Waals surface area contributed by atoms with Crippen molar-refractivity contribution >= 4 is 38.9 Å². The highest BCUT2D eigenvalue weighted by Gasteiger charge is 2.00. The van der Waals surface area contributed by atoms with Crippen LogP contribution in [-0.4, -0.2) is 14.1 Å². The Labute approximate surface area is 127 Å². The summed E-state index contributed by atoms with van der Waals surface area (Å²) >= 11 is 9.39. The highest BCUT2D eigenvalue weighted by Crippen LogP contribution is 2.25. The molecule has 1 N–H and O–H groups in total. The smallest absolute Gasteiger partial charge is 0.0549 e. The van der Waals surface area contributed by atoms with Gasteiger partial charge in [-0.1, -0.05) is 23.7 Å². The van der Waals surface area contributed by atoms with E-state index in [4.69, 9.17) is 11.6 Å². The maximum atomic E-state index is 5.97. The molecule has 0 bridgehead atoms. The zero-order chi connectivity index (χ0) is 13.8. The second kappa shape index (κ2) is 6.31. The Balaban J connectivity index is 2.00. The molecule has 2 aromatic carbocycles. The van der Waals surface area contributed by atoms with Crippen molar-refractivity contribution in [1.82, 2.24) is 0 Å². The van der Waals surface area contributed by atoms with Crippen LogP contribution in [0.3, 0.4) is 0 Å². The summed E-state index contributed by atoms with van der Waals surface area (Å²) < 4.78 is 0.905. The number of nitrogens with one attached hydrogen (secondary N) is 1. The molecule has 0 fully saturated rings. The van der Waals surface area contributed by atoms with E-state index in [0.717, 1.165) is 21.7 Å². The van der Waals surface area contributed by atoms with Gasteiger partial charge < -0.3 is 10.2 Å². The summed E-state index contributed by atoms with van der Waals surface area (Å²) in [7, 11) is 4.08. The Kier molecular flexibility index (Phi) is 4.72. The topological polar surface area (TPSA) is 15.3 Å². The molecule has 0 aliphatic carbocycles. The lowest BCUT2D eigenvalue weighted by atomic mass is 10.2. The van der Waals surface area contributed by atoms with Crippen LogP contribution in [0.2, 0.25) is 5.02 Å². The minimum Gasteiger partial charge on any atom is -0.381 e. The first-order chi connectivity index (χ1) is 9.06. The predicted molar refractivity (Wildman–Crippen MR) is 87.2 cm³/mol. The predicted octanol–water partition coefficient (Wildman–Crippen LogP) is 4.78. The van der Waals surface area contributed by atoms with Crippen LogP contribution in [0, 0.1) is 0 Å². The van der Waals surface area contributed by atoms with Crippen molar-refractivity contribution in [1.29, 1.82) is 0 Å². The average Bonchev–Trinajstić information content (AvgIpc) is 2.40. The van der Waals surface area contributed by atoms with E-state index in [-0.39, 0.29) is 0 Å². The largest absolute Gasteiger partial charge is 0.381 e. The Morgan fingerprint density at radius 1 is 1.11 bits per heavy atom. The van der Waals surface area contributed by atoms with Gasteiger partial charge in [0.2, 0.25) is 0 Å². The molecule has 0 saturated heterocycles. The molecule has 2 nitrogen and oxygen atoms in total. The molecular weight excluding hydrogens is 324 g/mol. The standard InChI is InChI=1S/C15H16BrClN2/c1-19(2)13-6-3-11(4-7-13)10-18-12-5-8-15(17)14(16)9-12/h3-9,18H,10H2,1-2H3. The summed E-state index contributed by atoms with van der Waals surface area (Å²) in [5.74, 6) is 0. The zero-order valence-corrected chi connectivity index (χ0v) is 13.3. The average molecular weight is 340 g/mol. The molecule has 0 heterocycles. The summed E-state index contributed by atoms with van der Waals surface area (Å²) in [6, 6.07) is 14.3. The van der Waals surface area contributed by atoms with Crippen molar-refractivity contribution in [3.05, 3.63) is 57.5 Å². The van der Waals surface area contributed by atoms with E-state index in [2.05, 4.69) is 50.4 Å². The van der Waals surface area contributed by atoms with Crippen LogP contribution in [0.1, 0.15) is 5.56 Å². The molecule has 2 aromatic rings. The molecule has 0 amide bonds. The Hall–Kier alpha value is -1.19. The maximum absolute atomic E-state index is 5.97. The van der Waals surface area contributed by atoms with Crippen LogP contribution < -0.4 is 10.2 Å². The molecule has 4 heteroatoms. The molecule has 0 spiro atoms. The van der Waals surface area contributed by atoms with Gasteiger partial charge in [0.1, 0.15) is 0 Å². The van der Waals surface area contributed by atoms with Gasteiger partial charge in [0, 0.05) is 36.5 Å². The van der Waals surface area contributed by atoms with Crippen LogP contribution in [0.5, 0.6) is 0 Å². The van der Waals surface area contributed by atoms with Gasteiger partial charge in [0.25, 0.3) is 0 Å². The minimum atomic E-state index is 0.723. The molecule has 0 aromatic heterocycles. The fraction of sp³-hybridized carbons (Fsp3) is 0.200. The summed E-state index contributed by atoms with van der Waals surface area (Å²) in [4.78, 5) is 2.09. The van der Waals surface area contributed by atoms with E-state index >= 15 is 0 Å². The third kappa shape index (κ3) is 3.88. The molecule has 0 aliphatic rings. The van der Waals surface area contributed by atoms with Gasteiger partial charge in [0.15, 0.2) is 0 Å². The second-order valence-corrected chi connectivity index (χ2v) is 5.80. The van der Waals surface area contributed by atoms with E-state index in [1.165, 1.54) is 11.3 Å². The third-order valence-corrected chi connectivity index (χ3v) is 4.08. The minimum absolute atomic E-state index is 0.723. The van der Waals surface area contributed by atoms with Crippen molar-refractivity contribution in [2.24, 2.45) is 0 Å². The fourth-order valence-electron chi connectivity index (χ4n) is 1.72. The molecule has 0 unspecified atom stereocenters. The highest BCUT2D eigenvalue weighted by molar-refractivity contribution is 9.10. The van der Waals surface area contributed by atoms with Crippen LogP contribution >= 0.6 is 27.5 Å². The van der Waals surface area contributed by atoms with Crippen molar-refractivity contribution in [3.8, 4) is 0 Å². The first kappa shape index (κ1) is 14.2. The number of anilines is 2. The lowest BCUT2D eigenvalue weighted by molar-refractivity contribution is 1.11. The quantitative estimate of drug-likeness (QED) is 0.862. The van der Waals surface area contributed by atoms with E-state index in [9.17, 15) is 0 Å². The number of hydrogen-bond acceptors (Lipinski definition) is 2. The molecule has 0 radical (unpaired) electrons. The number of hydrogen-bond donors (Lipinski definition) is 1. The van der Waals surface area contributed by atoms with Gasteiger partial charge >= 0.3 is 0 Å². The first-order valence-corrected chi connectivity index (χ1v) is 7.18. The fourth-order valence-corrected chi connectivity index (χ4v) is 2.22. The molecule has 19 heavy (non-hydrogen) atoms. The SMILES string of the molecule is CN(C)c1ccc(CNc2ccc(Cl)c(Br)c2)cc1. The van der Waals surface area contributed by atoms with E-state index < -0.39 is 0 Å². The third-order valence-electron chi connectivity index (χ3n) is 2.87. The van der Waals surface area contributed by atoms with E-state index in [1.54, 1.807) is 0 Å². The Morgan fingerprint density at radius 3 is 2.37 bits per heavy atom. The van der Waals surface area contributed by atoms with Gasteiger partial charge in [-0.05, 0) is 51.8 Å². The van der Waals surface area contributed by atoms with Crippen molar-refractivity contribution < 1.29 is 0 Å². The second-order valence-electron chi connectivity index (χ2n) is 4.54. The van der Waals surface area contributed by atoms with Gasteiger partial charge in [-0.2, -0.15) is 0 Å². The summed E-state index contributed by atoms with van der Waals surface area (Å²) in [5, 5.41) is 4.10. The monoisotopic (exact) mass is 338 g/mol. The molecule has 0 saturated carbocycles. The van der Waals surface area contributed by atoms with Crippen molar-refractivity contribution in [2.75, 3.05) is 24.3 Å². The summed E-state index contributed by atoms with van der Waals surface area (Å²) in [5.41, 5.74) is 3.50. The molecule has 0 atom stereocenters. The Morgan fingerprint density at radius 2 is 1.79 bits per heavy atom. The van der Waals surface area contributed by atoms with E-state index in [0.29, 0.717) is 0 Å². The van der Waals surface area contributed by atoms with Crippen LogP contribution in [-0.2, 0) is 6.54 Å². The van der Waals surface area contributed by atoms with E-state index in [1.807, 2.05) is 32.3 Å². The molecular formula is C15H16BrClN2. The summed E-state index contributed by atoms with van der Waals surface area (Å²) in [6.07, 6.45) is 0. The first-order valence-electron chi connectivity index (χ1n) is 6.01. The highest BCUT2D eigenvalue weighted by atomic mass is 79.9. The van der Waals surface area contributed by atoms with Crippen molar-refractivity contribution in [3.63, 3.8) is 0 Å². The van der Waals surface area contributed by atoms with Crippen LogP contribution in [0.4, 0.5) is 11.4 Å². The normalized spacial score (nSPS) is 10.3. The molecule has 2 rings (SSSR count). The van der Waals surface area contributed by atoms with Gasteiger partial charge in [-0.3, -0.25) is 0 Å². The zero-order valence-electron chi connectivity index (χ0n) is 11.0. The number of halogens is 2. The number of benzene rings is 2. The number of nitrogens with zero attached hydrogens (tertiary/aromatic N) is 1. The van der Waals surface area contributed by atoms with Crippen LogP contribution in [0.15, 0.2) is 46.9 Å². The number of rotatable bonds is 4. The van der Waals surface area contributed by atoms with Gasteiger partial charge in [-0.15, -0.1) is 0 Å². The van der Waals surface area contributed by atoms with Crippen LogP contribution in [0.25, 0.3) is 0 Å². The maximum Gasteiger partial charge on any atom is 0.0549 e. The lowest BCUT2D eigenvalue weighted by Gasteiger charge is -2.13. The molecule has 100 valence electrons. The van der Waals surface area contributed by atoms with Gasteiger partial charge in [0.05, 0.1) is 5.02 Å². The molecule has 0 aliphatic heterocycles.